The zero-order valence-corrected chi connectivity index (χ0v) is 11.9. The van der Waals surface area contributed by atoms with Crippen molar-refractivity contribution in [3.8, 4) is 0 Å². The summed E-state index contributed by atoms with van der Waals surface area (Å²) in [5.74, 6) is -0.0873. The van der Waals surface area contributed by atoms with E-state index < -0.39 is 0 Å². The van der Waals surface area contributed by atoms with Crippen LogP contribution in [0.4, 0.5) is 0 Å². The monoisotopic (exact) mass is 269 g/mol. The van der Waals surface area contributed by atoms with Crippen LogP contribution >= 0.6 is 11.6 Å². The number of rotatable bonds is 5. The van der Waals surface area contributed by atoms with Gasteiger partial charge < -0.3 is 10.6 Å². The molecule has 0 bridgehead atoms. The number of hydrogen-bond acceptors (Lipinski definition) is 3. The molecule has 0 unspecified atom stereocenters. The van der Waals surface area contributed by atoms with Gasteiger partial charge in [-0.25, -0.2) is 4.98 Å². The largest absolute Gasteiger partial charge is 0.337 e. The highest BCUT2D eigenvalue weighted by atomic mass is 35.5. The molecule has 1 heterocycles. The zero-order valence-electron chi connectivity index (χ0n) is 11.1. The Morgan fingerprint density at radius 1 is 1.50 bits per heavy atom. The lowest BCUT2D eigenvalue weighted by molar-refractivity contribution is 0.0695. The average molecular weight is 270 g/mol. The molecule has 0 saturated heterocycles. The fraction of sp³-hybridized carbons (Fsp3) is 0.538. The number of amides is 1. The Balaban J connectivity index is 2.82. The minimum atomic E-state index is -0.0991. The van der Waals surface area contributed by atoms with Crippen LogP contribution in [-0.4, -0.2) is 35.4 Å². The summed E-state index contributed by atoms with van der Waals surface area (Å²) in [6, 6.07) is 3.31. The van der Waals surface area contributed by atoms with E-state index >= 15 is 0 Å². The van der Waals surface area contributed by atoms with E-state index in [-0.39, 0.29) is 11.3 Å². The maximum Gasteiger partial charge on any atom is 0.272 e. The van der Waals surface area contributed by atoms with Crippen LogP contribution in [0.25, 0.3) is 0 Å². The van der Waals surface area contributed by atoms with E-state index in [0.29, 0.717) is 30.4 Å². The van der Waals surface area contributed by atoms with Crippen molar-refractivity contribution in [2.45, 2.75) is 20.8 Å². The molecule has 18 heavy (non-hydrogen) atoms. The van der Waals surface area contributed by atoms with Crippen molar-refractivity contribution < 1.29 is 4.79 Å². The molecule has 0 aliphatic heterocycles. The summed E-state index contributed by atoms with van der Waals surface area (Å²) in [6.45, 7) is 7.80. The van der Waals surface area contributed by atoms with E-state index in [9.17, 15) is 4.79 Å². The third-order valence-corrected chi connectivity index (χ3v) is 3.01. The van der Waals surface area contributed by atoms with Gasteiger partial charge in [0.05, 0.1) is 5.02 Å². The number of carbonyl (C=O) groups is 1. The number of carbonyl (C=O) groups excluding carboxylic acids is 1. The second-order valence-electron chi connectivity index (χ2n) is 5.05. The first-order valence-corrected chi connectivity index (χ1v) is 6.38. The number of nitrogens with zero attached hydrogens (tertiary/aromatic N) is 2. The van der Waals surface area contributed by atoms with Crippen molar-refractivity contribution >= 4 is 17.5 Å². The maximum atomic E-state index is 12.3. The maximum absolute atomic E-state index is 12.3. The first-order chi connectivity index (χ1) is 8.39. The van der Waals surface area contributed by atoms with Crippen molar-refractivity contribution in [2.75, 3.05) is 19.6 Å². The number of hydrogen-bond donors (Lipinski definition) is 1. The fourth-order valence-corrected chi connectivity index (χ4v) is 1.68. The highest BCUT2D eigenvalue weighted by molar-refractivity contribution is 6.30. The molecular weight excluding hydrogens is 250 g/mol. The quantitative estimate of drug-likeness (QED) is 0.891. The standard InChI is InChI=1S/C13H20ClN3O/c1-4-17(9-13(2,3)8-15)12(18)11-6-5-10(14)7-16-11/h5-7H,4,8-9,15H2,1-3H3. The minimum absolute atomic E-state index is 0.0873. The molecule has 0 aliphatic carbocycles. The molecule has 100 valence electrons. The van der Waals surface area contributed by atoms with E-state index in [2.05, 4.69) is 4.98 Å². The van der Waals surface area contributed by atoms with E-state index in [1.54, 1.807) is 17.0 Å². The Kier molecular flexibility index (Phi) is 5.11. The summed E-state index contributed by atoms with van der Waals surface area (Å²) in [4.78, 5) is 18.1. The molecule has 2 N–H and O–H groups in total. The summed E-state index contributed by atoms with van der Waals surface area (Å²) in [6.07, 6.45) is 1.48. The third kappa shape index (κ3) is 3.96. The van der Waals surface area contributed by atoms with Gasteiger partial charge in [-0.05, 0) is 31.0 Å². The van der Waals surface area contributed by atoms with Crippen LogP contribution in [0.5, 0.6) is 0 Å². The summed E-state index contributed by atoms with van der Waals surface area (Å²) in [5.41, 5.74) is 6.01. The molecule has 0 aromatic carbocycles. The Labute approximate surface area is 113 Å². The molecular formula is C13H20ClN3O. The highest BCUT2D eigenvalue weighted by Gasteiger charge is 2.24. The number of aromatic nitrogens is 1. The molecule has 5 heteroatoms. The van der Waals surface area contributed by atoms with Gasteiger partial charge in [-0.1, -0.05) is 25.4 Å². The summed E-state index contributed by atoms with van der Waals surface area (Å²) in [7, 11) is 0. The van der Waals surface area contributed by atoms with Crippen molar-refractivity contribution in [1.82, 2.24) is 9.88 Å². The Morgan fingerprint density at radius 2 is 2.17 bits per heavy atom. The van der Waals surface area contributed by atoms with Gasteiger partial charge in [-0.2, -0.15) is 0 Å². The van der Waals surface area contributed by atoms with Crippen LogP contribution in [0, 0.1) is 5.41 Å². The molecule has 0 radical (unpaired) electrons. The lowest BCUT2D eigenvalue weighted by Gasteiger charge is -2.30. The van der Waals surface area contributed by atoms with Gasteiger partial charge in [0.1, 0.15) is 5.69 Å². The predicted octanol–water partition coefficient (Wildman–Crippen LogP) is 2.18. The van der Waals surface area contributed by atoms with Crippen molar-refractivity contribution in [2.24, 2.45) is 11.1 Å². The Bertz CT molecular complexity index is 403. The molecule has 4 nitrogen and oxygen atoms in total. The Hall–Kier alpha value is -1.13. The van der Waals surface area contributed by atoms with Gasteiger partial charge in [0, 0.05) is 19.3 Å². The third-order valence-electron chi connectivity index (χ3n) is 2.79. The second kappa shape index (κ2) is 6.16. The average Bonchev–Trinajstić information content (AvgIpc) is 2.36. The van der Waals surface area contributed by atoms with Gasteiger partial charge in [0.2, 0.25) is 0 Å². The molecule has 0 fully saturated rings. The van der Waals surface area contributed by atoms with Gasteiger partial charge >= 0.3 is 0 Å². The SMILES string of the molecule is CCN(CC(C)(C)CN)C(=O)c1ccc(Cl)cn1. The van der Waals surface area contributed by atoms with Crippen molar-refractivity contribution in [3.63, 3.8) is 0 Å². The first-order valence-electron chi connectivity index (χ1n) is 6.00. The predicted molar refractivity (Wildman–Crippen MR) is 73.7 cm³/mol. The van der Waals surface area contributed by atoms with Crippen molar-refractivity contribution in [1.29, 1.82) is 0 Å². The highest BCUT2D eigenvalue weighted by Crippen LogP contribution is 2.16. The van der Waals surface area contributed by atoms with Crippen LogP contribution < -0.4 is 5.73 Å². The topological polar surface area (TPSA) is 59.2 Å². The second-order valence-corrected chi connectivity index (χ2v) is 5.49. The van der Waals surface area contributed by atoms with E-state index in [1.807, 2.05) is 20.8 Å². The molecule has 1 rings (SSSR count). The summed E-state index contributed by atoms with van der Waals surface area (Å²) in [5, 5.41) is 0.525. The lowest BCUT2D eigenvalue weighted by atomic mass is 9.93. The summed E-state index contributed by atoms with van der Waals surface area (Å²) >= 11 is 5.75. The van der Waals surface area contributed by atoms with Gasteiger partial charge in [-0.15, -0.1) is 0 Å². The molecule has 1 amide bonds. The number of pyridine rings is 1. The number of nitrogens with two attached hydrogens (primary N) is 1. The smallest absolute Gasteiger partial charge is 0.272 e. The molecule has 0 saturated carbocycles. The van der Waals surface area contributed by atoms with E-state index in [4.69, 9.17) is 17.3 Å². The molecule has 1 aromatic heterocycles. The molecule has 0 atom stereocenters. The first kappa shape index (κ1) is 14.9. The fourth-order valence-electron chi connectivity index (χ4n) is 1.57. The minimum Gasteiger partial charge on any atom is -0.337 e. The number of halogens is 1. The normalized spacial score (nSPS) is 11.4. The molecule has 1 aromatic rings. The van der Waals surface area contributed by atoms with E-state index in [0.717, 1.165) is 0 Å². The van der Waals surface area contributed by atoms with Crippen molar-refractivity contribution in [3.05, 3.63) is 29.0 Å². The van der Waals surface area contributed by atoms with Crippen LogP contribution in [-0.2, 0) is 0 Å². The van der Waals surface area contributed by atoms with Crippen LogP contribution in [0.1, 0.15) is 31.3 Å². The lowest BCUT2D eigenvalue weighted by Crippen LogP contribution is -2.42. The van der Waals surface area contributed by atoms with Crippen LogP contribution in [0.15, 0.2) is 18.3 Å². The van der Waals surface area contributed by atoms with Gasteiger partial charge in [0.15, 0.2) is 0 Å². The van der Waals surface area contributed by atoms with Crippen LogP contribution in [0.2, 0.25) is 5.02 Å². The van der Waals surface area contributed by atoms with Gasteiger partial charge in [0.25, 0.3) is 5.91 Å². The van der Waals surface area contributed by atoms with E-state index in [1.165, 1.54) is 6.20 Å². The van der Waals surface area contributed by atoms with Crippen LogP contribution in [0.3, 0.4) is 0 Å². The molecule has 0 aliphatic rings. The van der Waals surface area contributed by atoms with Gasteiger partial charge in [-0.3, -0.25) is 4.79 Å². The molecule has 0 spiro atoms. The zero-order chi connectivity index (χ0) is 13.8. The Morgan fingerprint density at radius 3 is 2.61 bits per heavy atom. The summed E-state index contributed by atoms with van der Waals surface area (Å²) < 4.78 is 0.